The third kappa shape index (κ3) is 6.62. The largest absolute Gasteiger partial charge is 0.508 e. The van der Waals surface area contributed by atoms with Crippen LogP contribution in [0, 0.1) is 22.7 Å². The SMILES string of the molecule is C[C@H](NC(=O)CCCC(=O)O)C(=O)Nc1ccc2c(c1)[C@@]1(C)CCC[C@](C)(C(=O)NC(=O)[C@@]3(C)CCC[C@]4(C)c5cc(O)ccc5CC[C@@H]34)[C@@H]1CC2. The first-order chi connectivity index (χ1) is 24.5. The minimum absolute atomic E-state index is 0.0158. The van der Waals surface area contributed by atoms with Crippen LogP contribution >= 0.6 is 0 Å². The van der Waals surface area contributed by atoms with Gasteiger partial charge in [-0.2, -0.15) is 0 Å². The zero-order valence-corrected chi connectivity index (χ0v) is 31.3. The molecule has 10 heteroatoms. The summed E-state index contributed by atoms with van der Waals surface area (Å²) in [4.78, 5) is 65.0. The Morgan fingerprint density at radius 3 is 1.87 bits per heavy atom. The number of hydrogen-bond acceptors (Lipinski definition) is 6. The molecule has 10 nitrogen and oxygen atoms in total. The molecule has 2 aromatic rings. The standard InChI is InChI=1S/C42H55N3O7/c1-25(43-34(47)9-6-10-35(48)49)36(50)44-28-15-11-26-13-17-32-39(2,30(26)23-28)19-7-21-41(32,4)37(51)45-38(52)42(5)22-8-20-40(3)31-24-29(46)16-12-27(31)14-18-33(40)42/h11-12,15-16,23-25,32-33,46H,6-10,13-14,17-22H2,1-5H3,(H,43,47)(H,44,50)(H,48,49)(H,45,51,52)/t25-,32+,33+,39+,40+,41-,42-/m0/s1. The van der Waals surface area contributed by atoms with Crippen LogP contribution in [0.15, 0.2) is 36.4 Å². The van der Waals surface area contributed by atoms with Gasteiger partial charge in [-0.1, -0.05) is 52.7 Å². The number of fused-ring (bicyclic) bond motifs is 6. The van der Waals surface area contributed by atoms with E-state index in [1.165, 1.54) is 11.1 Å². The molecule has 2 fully saturated rings. The fraction of sp³-hybridized carbons (Fsp3) is 0.595. The Balaban J connectivity index is 1.17. The molecule has 0 heterocycles. The number of carbonyl (C=O) groups excluding carboxylic acids is 4. The van der Waals surface area contributed by atoms with Crippen molar-refractivity contribution in [1.29, 1.82) is 0 Å². The quantitative estimate of drug-likeness (QED) is 0.187. The highest BCUT2D eigenvalue weighted by Gasteiger charge is 2.58. The van der Waals surface area contributed by atoms with Gasteiger partial charge in [-0.05, 0) is 134 Å². The second-order valence-corrected chi connectivity index (χ2v) is 17.1. The number of aromatic hydroxyl groups is 1. The van der Waals surface area contributed by atoms with Crippen LogP contribution in [0.3, 0.4) is 0 Å². The molecule has 280 valence electrons. The minimum Gasteiger partial charge on any atom is -0.508 e. The monoisotopic (exact) mass is 713 g/mol. The topological polar surface area (TPSA) is 162 Å². The Labute approximate surface area is 306 Å². The fourth-order valence-electron chi connectivity index (χ4n) is 10.9. The summed E-state index contributed by atoms with van der Waals surface area (Å²) >= 11 is 0. The number of carboxylic acids is 1. The lowest BCUT2D eigenvalue weighted by Crippen LogP contribution is -2.60. The number of imide groups is 1. The molecule has 0 unspecified atom stereocenters. The molecule has 0 saturated heterocycles. The van der Waals surface area contributed by atoms with Crippen LogP contribution in [-0.4, -0.2) is 45.9 Å². The van der Waals surface area contributed by atoms with Crippen molar-refractivity contribution in [3.63, 3.8) is 0 Å². The number of phenolic OH excluding ortho intramolecular Hbond substituents is 1. The van der Waals surface area contributed by atoms with Crippen molar-refractivity contribution in [2.45, 2.75) is 135 Å². The summed E-state index contributed by atoms with van der Waals surface area (Å²) in [6.07, 6.45) is 8.33. The molecule has 0 aromatic heterocycles. The maximum atomic E-state index is 14.5. The van der Waals surface area contributed by atoms with Gasteiger partial charge >= 0.3 is 5.97 Å². The van der Waals surface area contributed by atoms with E-state index in [0.29, 0.717) is 18.5 Å². The van der Waals surface area contributed by atoms with Gasteiger partial charge in [-0.25, -0.2) is 0 Å². The highest BCUT2D eigenvalue weighted by Crippen LogP contribution is 2.59. The first-order valence-corrected chi connectivity index (χ1v) is 19.1. The lowest BCUT2D eigenvalue weighted by atomic mass is 9.49. The molecule has 4 amide bonds. The molecule has 2 aromatic carbocycles. The van der Waals surface area contributed by atoms with Gasteiger partial charge in [0.2, 0.25) is 23.6 Å². The molecule has 4 aliphatic rings. The second-order valence-electron chi connectivity index (χ2n) is 17.1. The molecular weight excluding hydrogens is 658 g/mol. The van der Waals surface area contributed by atoms with Crippen molar-refractivity contribution < 1.29 is 34.2 Å². The molecule has 6 rings (SSSR count). The normalized spacial score (nSPS) is 31.0. The number of phenols is 1. The Morgan fingerprint density at radius 2 is 1.31 bits per heavy atom. The molecule has 4 aliphatic carbocycles. The van der Waals surface area contributed by atoms with Gasteiger partial charge in [0.1, 0.15) is 11.8 Å². The van der Waals surface area contributed by atoms with Crippen LogP contribution in [-0.2, 0) is 47.6 Å². The van der Waals surface area contributed by atoms with Gasteiger partial charge in [0, 0.05) is 18.5 Å². The number of rotatable bonds is 9. The van der Waals surface area contributed by atoms with E-state index >= 15 is 0 Å². The molecule has 7 atom stereocenters. The predicted octanol–water partition coefficient (Wildman–Crippen LogP) is 6.45. The average Bonchev–Trinajstić information content (AvgIpc) is 3.08. The van der Waals surface area contributed by atoms with E-state index < -0.39 is 22.8 Å². The third-order valence-corrected chi connectivity index (χ3v) is 13.8. The summed E-state index contributed by atoms with van der Waals surface area (Å²) in [5.41, 5.74) is 3.17. The van der Waals surface area contributed by atoms with Crippen LogP contribution in [0.4, 0.5) is 5.69 Å². The van der Waals surface area contributed by atoms with E-state index in [2.05, 4.69) is 29.8 Å². The molecule has 52 heavy (non-hydrogen) atoms. The Kier molecular flexibility index (Phi) is 10.1. The van der Waals surface area contributed by atoms with E-state index in [0.717, 1.165) is 62.5 Å². The van der Waals surface area contributed by atoms with Crippen molar-refractivity contribution in [3.8, 4) is 5.75 Å². The first kappa shape index (κ1) is 37.5. The number of anilines is 1. The van der Waals surface area contributed by atoms with E-state index in [1.807, 2.05) is 44.2 Å². The van der Waals surface area contributed by atoms with Gasteiger partial charge in [0.25, 0.3) is 0 Å². The van der Waals surface area contributed by atoms with E-state index in [1.54, 1.807) is 13.0 Å². The lowest BCUT2D eigenvalue weighted by Gasteiger charge is -2.56. The second kappa shape index (κ2) is 14.0. The van der Waals surface area contributed by atoms with Gasteiger partial charge in [-0.3, -0.25) is 29.3 Å². The molecule has 5 N–H and O–H groups in total. The maximum Gasteiger partial charge on any atom is 0.303 e. The third-order valence-electron chi connectivity index (χ3n) is 13.8. The van der Waals surface area contributed by atoms with Crippen LogP contribution in [0.2, 0.25) is 0 Å². The summed E-state index contributed by atoms with van der Waals surface area (Å²) in [6, 6.07) is 10.8. The highest BCUT2D eigenvalue weighted by molar-refractivity contribution is 6.01. The molecule has 0 spiro atoms. The van der Waals surface area contributed by atoms with Crippen molar-refractivity contribution in [1.82, 2.24) is 10.6 Å². The Hall–Kier alpha value is -4.21. The van der Waals surface area contributed by atoms with Crippen molar-refractivity contribution in [2.75, 3.05) is 5.32 Å². The minimum atomic E-state index is -0.968. The van der Waals surface area contributed by atoms with Crippen LogP contribution in [0.25, 0.3) is 0 Å². The molecule has 0 radical (unpaired) electrons. The summed E-state index contributed by atoms with van der Waals surface area (Å²) in [7, 11) is 0. The smallest absolute Gasteiger partial charge is 0.303 e. The van der Waals surface area contributed by atoms with E-state index in [-0.39, 0.29) is 71.3 Å². The number of hydrogen-bond donors (Lipinski definition) is 5. The number of benzene rings is 2. The van der Waals surface area contributed by atoms with Gasteiger partial charge in [-0.15, -0.1) is 0 Å². The molecule has 2 saturated carbocycles. The molecular formula is C42H55N3O7. The van der Waals surface area contributed by atoms with Gasteiger partial charge in [0.05, 0.1) is 10.8 Å². The van der Waals surface area contributed by atoms with Crippen LogP contribution in [0.5, 0.6) is 5.75 Å². The maximum absolute atomic E-state index is 14.5. The number of aryl methyl sites for hydroxylation is 2. The first-order valence-electron chi connectivity index (χ1n) is 19.1. The molecule has 0 aliphatic heterocycles. The number of amides is 4. The van der Waals surface area contributed by atoms with Crippen LogP contribution in [0.1, 0.15) is 128 Å². The fourth-order valence-corrected chi connectivity index (χ4v) is 10.9. The summed E-state index contributed by atoms with van der Waals surface area (Å²) in [5.74, 6) is -1.83. The van der Waals surface area contributed by atoms with Crippen molar-refractivity contribution in [3.05, 3.63) is 58.7 Å². The number of carbonyl (C=O) groups is 5. The summed E-state index contributed by atoms with van der Waals surface area (Å²) < 4.78 is 0. The number of aliphatic carboxylic acids is 1. The van der Waals surface area contributed by atoms with Gasteiger partial charge in [0.15, 0.2) is 0 Å². The van der Waals surface area contributed by atoms with Crippen molar-refractivity contribution >= 4 is 35.3 Å². The Bertz CT molecular complexity index is 1790. The Morgan fingerprint density at radius 1 is 0.769 bits per heavy atom. The molecule has 0 bridgehead atoms. The van der Waals surface area contributed by atoms with Crippen molar-refractivity contribution in [2.24, 2.45) is 22.7 Å². The van der Waals surface area contributed by atoms with Crippen LogP contribution < -0.4 is 16.0 Å². The zero-order valence-electron chi connectivity index (χ0n) is 31.3. The highest BCUT2D eigenvalue weighted by atomic mass is 16.4. The number of carboxylic acid groups (broad SMARTS) is 1. The van der Waals surface area contributed by atoms with E-state index in [4.69, 9.17) is 5.11 Å². The van der Waals surface area contributed by atoms with E-state index in [9.17, 15) is 29.1 Å². The summed E-state index contributed by atoms with van der Waals surface area (Å²) in [5, 5.41) is 27.8. The predicted molar refractivity (Wildman–Crippen MR) is 198 cm³/mol. The zero-order chi connectivity index (χ0) is 37.6. The average molecular weight is 714 g/mol. The van der Waals surface area contributed by atoms with Gasteiger partial charge < -0.3 is 20.8 Å². The summed E-state index contributed by atoms with van der Waals surface area (Å²) in [6.45, 7) is 10.1. The number of nitrogens with one attached hydrogen (secondary N) is 3. The lowest BCUT2D eigenvalue weighted by molar-refractivity contribution is -0.150.